The summed E-state index contributed by atoms with van der Waals surface area (Å²) in [4.78, 5) is 6.61. The summed E-state index contributed by atoms with van der Waals surface area (Å²) >= 11 is 0. The molecule has 0 aliphatic carbocycles. The minimum atomic E-state index is 0.260. The first-order valence-electron chi connectivity index (χ1n) is 7.32. The van der Waals surface area contributed by atoms with Crippen LogP contribution in [-0.2, 0) is 0 Å². The normalized spacial score (nSPS) is 11.0. The largest absolute Gasteiger partial charge is 0.507 e. The van der Waals surface area contributed by atoms with Crippen molar-refractivity contribution in [1.29, 1.82) is 0 Å². The smallest absolute Gasteiger partial charge is 0.126 e. The summed E-state index contributed by atoms with van der Waals surface area (Å²) < 4.78 is 0. The van der Waals surface area contributed by atoms with E-state index in [0.717, 1.165) is 30.0 Å². The maximum Gasteiger partial charge on any atom is 0.126 e. The van der Waals surface area contributed by atoms with Crippen molar-refractivity contribution in [1.82, 2.24) is 0 Å². The van der Waals surface area contributed by atoms with Crippen molar-refractivity contribution in [2.24, 2.45) is 4.99 Å². The van der Waals surface area contributed by atoms with Gasteiger partial charge in [0.2, 0.25) is 0 Å². The van der Waals surface area contributed by atoms with Crippen molar-refractivity contribution >= 4 is 17.6 Å². The summed E-state index contributed by atoms with van der Waals surface area (Å²) in [5.74, 6) is 0.260. The van der Waals surface area contributed by atoms with Crippen LogP contribution in [0.3, 0.4) is 0 Å². The second kappa shape index (κ2) is 6.93. The van der Waals surface area contributed by atoms with Gasteiger partial charge in [0.25, 0.3) is 0 Å². The molecule has 0 atom stereocenters. The number of anilines is 1. The molecule has 2 aromatic carbocycles. The van der Waals surface area contributed by atoms with Gasteiger partial charge < -0.3 is 10.0 Å². The number of aryl methyl sites for hydroxylation is 1. The minimum Gasteiger partial charge on any atom is -0.507 e. The van der Waals surface area contributed by atoms with Crippen LogP contribution in [0.4, 0.5) is 11.4 Å². The van der Waals surface area contributed by atoms with Gasteiger partial charge in [-0.15, -0.1) is 0 Å². The standard InChI is InChI=1S/C18H22N2O/c1-4-20(5-2)17-10-9-15(18(21)12-17)13-19-16-8-6-7-14(3)11-16/h6-13,21H,4-5H2,1-3H3. The number of rotatable bonds is 5. The van der Waals surface area contributed by atoms with Gasteiger partial charge in [-0.25, -0.2) is 0 Å². The Hall–Kier alpha value is -2.29. The highest BCUT2D eigenvalue weighted by Gasteiger charge is 2.05. The van der Waals surface area contributed by atoms with Crippen molar-refractivity contribution in [2.75, 3.05) is 18.0 Å². The minimum absolute atomic E-state index is 0.260. The van der Waals surface area contributed by atoms with E-state index in [9.17, 15) is 5.11 Å². The maximum absolute atomic E-state index is 10.1. The number of phenolic OH excluding ortho intramolecular Hbond substituents is 1. The molecule has 0 bridgehead atoms. The van der Waals surface area contributed by atoms with Crippen molar-refractivity contribution in [3.8, 4) is 5.75 Å². The Morgan fingerprint density at radius 3 is 2.48 bits per heavy atom. The van der Waals surface area contributed by atoms with Crippen molar-refractivity contribution in [3.05, 3.63) is 53.6 Å². The van der Waals surface area contributed by atoms with Crippen LogP contribution in [0.5, 0.6) is 5.75 Å². The molecule has 21 heavy (non-hydrogen) atoms. The molecule has 0 spiro atoms. The summed E-state index contributed by atoms with van der Waals surface area (Å²) in [5, 5.41) is 10.1. The first-order chi connectivity index (χ1) is 10.1. The lowest BCUT2D eigenvalue weighted by Gasteiger charge is -2.21. The molecule has 1 N–H and O–H groups in total. The van der Waals surface area contributed by atoms with Gasteiger partial charge in [0.15, 0.2) is 0 Å². The zero-order valence-electron chi connectivity index (χ0n) is 12.9. The van der Waals surface area contributed by atoms with Crippen LogP contribution in [-0.4, -0.2) is 24.4 Å². The van der Waals surface area contributed by atoms with Crippen LogP contribution in [0.2, 0.25) is 0 Å². The lowest BCUT2D eigenvalue weighted by atomic mass is 10.1. The molecule has 2 rings (SSSR count). The Morgan fingerprint density at radius 1 is 1.10 bits per heavy atom. The molecule has 0 aliphatic rings. The molecule has 0 unspecified atom stereocenters. The molecule has 3 nitrogen and oxygen atoms in total. The van der Waals surface area contributed by atoms with E-state index >= 15 is 0 Å². The SMILES string of the molecule is CCN(CC)c1ccc(C=Nc2cccc(C)c2)c(O)c1. The van der Waals surface area contributed by atoms with Crippen molar-refractivity contribution in [2.45, 2.75) is 20.8 Å². The van der Waals surface area contributed by atoms with Gasteiger partial charge in [0.05, 0.1) is 5.69 Å². The van der Waals surface area contributed by atoms with E-state index in [2.05, 4.69) is 23.7 Å². The predicted octanol–water partition coefficient (Wildman–Crippen LogP) is 4.30. The van der Waals surface area contributed by atoms with Crippen LogP contribution >= 0.6 is 0 Å². The summed E-state index contributed by atoms with van der Waals surface area (Å²) in [5.41, 5.74) is 3.82. The zero-order valence-corrected chi connectivity index (χ0v) is 12.9. The second-order valence-electron chi connectivity index (χ2n) is 5.01. The third-order valence-corrected chi connectivity index (χ3v) is 3.50. The number of nitrogens with zero attached hydrogens (tertiary/aromatic N) is 2. The Kier molecular flexibility index (Phi) is 4.99. The van der Waals surface area contributed by atoms with E-state index in [4.69, 9.17) is 0 Å². The Labute approximate surface area is 126 Å². The summed E-state index contributed by atoms with van der Waals surface area (Å²) in [6.07, 6.45) is 1.70. The summed E-state index contributed by atoms with van der Waals surface area (Å²) in [7, 11) is 0. The fraction of sp³-hybridized carbons (Fsp3) is 0.278. The molecule has 0 saturated carbocycles. The van der Waals surface area contributed by atoms with Gasteiger partial charge in [-0.05, 0) is 50.6 Å². The number of phenols is 1. The molecule has 0 heterocycles. The van der Waals surface area contributed by atoms with Crippen LogP contribution in [0, 0.1) is 6.92 Å². The lowest BCUT2D eigenvalue weighted by Crippen LogP contribution is -2.21. The fourth-order valence-corrected chi connectivity index (χ4v) is 2.28. The Morgan fingerprint density at radius 2 is 1.86 bits per heavy atom. The van der Waals surface area contributed by atoms with E-state index in [-0.39, 0.29) is 5.75 Å². The highest BCUT2D eigenvalue weighted by Crippen LogP contribution is 2.24. The van der Waals surface area contributed by atoms with E-state index in [1.165, 1.54) is 5.56 Å². The van der Waals surface area contributed by atoms with Crippen molar-refractivity contribution in [3.63, 3.8) is 0 Å². The topological polar surface area (TPSA) is 35.8 Å². The predicted molar refractivity (Wildman–Crippen MR) is 90.1 cm³/mol. The van der Waals surface area contributed by atoms with Gasteiger partial charge in [-0.2, -0.15) is 0 Å². The van der Waals surface area contributed by atoms with Gasteiger partial charge in [0.1, 0.15) is 5.75 Å². The molecule has 0 saturated heterocycles. The average molecular weight is 282 g/mol. The number of aliphatic imine (C=N–C) groups is 1. The average Bonchev–Trinajstić information content (AvgIpc) is 2.48. The van der Waals surface area contributed by atoms with Gasteiger partial charge in [-0.3, -0.25) is 4.99 Å². The third kappa shape index (κ3) is 3.85. The first-order valence-corrected chi connectivity index (χ1v) is 7.32. The summed E-state index contributed by atoms with van der Waals surface area (Å²) in [6, 6.07) is 13.7. The number of hydrogen-bond donors (Lipinski definition) is 1. The Balaban J connectivity index is 2.21. The van der Waals surface area contributed by atoms with Gasteiger partial charge in [0, 0.05) is 36.6 Å². The molecular weight excluding hydrogens is 260 g/mol. The van der Waals surface area contributed by atoms with Crippen LogP contribution in [0.15, 0.2) is 47.5 Å². The number of hydrogen-bond acceptors (Lipinski definition) is 3. The highest BCUT2D eigenvalue weighted by molar-refractivity contribution is 5.86. The monoisotopic (exact) mass is 282 g/mol. The fourth-order valence-electron chi connectivity index (χ4n) is 2.28. The third-order valence-electron chi connectivity index (χ3n) is 3.50. The molecule has 0 aromatic heterocycles. The van der Waals surface area contributed by atoms with Crippen LogP contribution < -0.4 is 4.90 Å². The molecular formula is C18H22N2O. The van der Waals surface area contributed by atoms with Gasteiger partial charge >= 0.3 is 0 Å². The first kappa shape index (κ1) is 15.1. The van der Waals surface area contributed by atoms with Crippen molar-refractivity contribution < 1.29 is 5.11 Å². The van der Waals surface area contributed by atoms with Crippen LogP contribution in [0.1, 0.15) is 25.0 Å². The lowest BCUT2D eigenvalue weighted by molar-refractivity contribution is 0.474. The van der Waals surface area contributed by atoms with E-state index < -0.39 is 0 Å². The maximum atomic E-state index is 10.1. The zero-order chi connectivity index (χ0) is 15.2. The molecule has 3 heteroatoms. The highest BCUT2D eigenvalue weighted by atomic mass is 16.3. The molecule has 0 amide bonds. The molecule has 110 valence electrons. The molecule has 2 aromatic rings. The number of benzene rings is 2. The number of aromatic hydroxyl groups is 1. The van der Waals surface area contributed by atoms with Crippen LogP contribution in [0.25, 0.3) is 0 Å². The van der Waals surface area contributed by atoms with E-state index in [0.29, 0.717) is 0 Å². The quantitative estimate of drug-likeness (QED) is 0.830. The Bertz CT molecular complexity index is 631. The molecule has 0 aliphatic heterocycles. The second-order valence-corrected chi connectivity index (χ2v) is 5.01. The van der Waals surface area contributed by atoms with E-state index in [1.54, 1.807) is 12.3 Å². The van der Waals surface area contributed by atoms with E-state index in [1.807, 2.05) is 43.3 Å². The summed E-state index contributed by atoms with van der Waals surface area (Å²) in [6.45, 7) is 8.09. The molecule has 0 radical (unpaired) electrons. The van der Waals surface area contributed by atoms with Gasteiger partial charge in [-0.1, -0.05) is 12.1 Å². The molecule has 0 fully saturated rings.